The van der Waals surface area contributed by atoms with Crippen LogP contribution in [-0.2, 0) is 14.4 Å². The molecule has 3 rings (SSSR count). The Labute approximate surface area is 117 Å². The van der Waals surface area contributed by atoms with E-state index in [0.717, 1.165) is 24.0 Å². The maximum Gasteiger partial charge on any atom is 0.256 e. The monoisotopic (exact) mass is 271 g/mol. The highest BCUT2D eigenvalue weighted by atomic mass is 16.2. The van der Waals surface area contributed by atoms with E-state index in [1.807, 2.05) is 6.92 Å². The number of amides is 2. The number of hydrogen-bond donors (Lipinski definition) is 0. The van der Waals surface area contributed by atoms with Crippen molar-refractivity contribution in [2.24, 2.45) is 5.92 Å². The summed E-state index contributed by atoms with van der Waals surface area (Å²) in [4.78, 5) is 37.2. The summed E-state index contributed by atoms with van der Waals surface area (Å²) in [7, 11) is 0. The van der Waals surface area contributed by atoms with Gasteiger partial charge >= 0.3 is 0 Å². The van der Waals surface area contributed by atoms with Crippen LogP contribution in [0.25, 0.3) is 0 Å². The van der Waals surface area contributed by atoms with E-state index >= 15 is 0 Å². The Kier molecular flexibility index (Phi) is 2.78. The average molecular weight is 271 g/mol. The van der Waals surface area contributed by atoms with Gasteiger partial charge in [0.15, 0.2) is 5.78 Å². The fraction of sp³-hybridized carbons (Fsp3) is 0.438. The van der Waals surface area contributed by atoms with Crippen molar-refractivity contribution in [1.29, 1.82) is 0 Å². The number of likely N-dealkylation sites (tertiary alicyclic amines) is 1. The second kappa shape index (κ2) is 4.27. The third-order valence-corrected chi connectivity index (χ3v) is 4.62. The van der Waals surface area contributed by atoms with Gasteiger partial charge in [0.1, 0.15) is 0 Å². The van der Waals surface area contributed by atoms with E-state index in [-0.39, 0.29) is 29.6 Å². The van der Waals surface area contributed by atoms with Gasteiger partial charge in [-0.1, -0.05) is 12.2 Å². The molecule has 0 aromatic carbocycles. The third-order valence-electron chi connectivity index (χ3n) is 4.62. The Bertz CT molecular complexity index is 624. The topological polar surface area (TPSA) is 54.5 Å². The molecule has 3 aliphatic rings. The van der Waals surface area contributed by atoms with Crippen LogP contribution in [0.2, 0.25) is 0 Å². The number of hydrogen-bond acceptors (Lipinski definition) is 3. The zero-order valence-corrected chi connectivity index (χ0v) is 11.7. The second-order valence-electron chi connectivity index (χ2n) is 5.81. The van der Waals surface area contributed by atoms with Gasteiger partial charge in [-0.3, -0.25) is 19.3 Å². The van der Waals surface area contributed by atoms with Crippen LogP contribution in [0.15, 0.2) is 34.9 Å². The summed E-state index contributed by atoms with van der Waals surface area (Å²) in [6.45, 7) is 7.31. The first kappa shape index (κ1) is 13.0. The first-order valence-corrected chi connectivity index (χ1v) is 6.88. The minimum absolute atomic E-state index is 0.0588. The number of allylic oxidation sites excluding steroid dienone is 2. The lowest BCUT2D eigenvalue weighted by atomic mass is 9.88. The standard InChI is InChI=1S/C16H17NO3/c1-8-4-5-12-9(2)16(20)17(10(3)18)15(12)14-7-11(19)6-13(8)14/h7,12,15H,2,4-6H2,1,3H3/t12-,15-/m0/s1. The molecule has 4 nitrogen and oxygen atoms in total. The Balaban J connectivity index is 2.16. The van der Waals surface area contributed by atoms with Crippen LogP contribution in [0.4, 0.5) is 0 Å². The van der Waals surface area contributed by atoms with Gasteiger partial charge in [0.25, 0.3) is 5.91 Å². The number of nitrogens with zero attached hydrogens (tertiary/aromatic N) is 1. The van der Waals surface area contributed by atoms with Gasteiger partial charge in [-0.25, -0.2) is 0 Å². The summed E-state index contributed by atoms with van der Waals surface area (Å²) in [5.41, 5.74) is 3.58. The highest BCUT2D eigenvalue weighted by Crippen LogP contribution is 2.45. The van der Waals surface area contributed by atoms with E-state index < -0.39 is 0 Å². The molecule has 104 valence electrons. The highest BCUT2D eigenvalue weighted by molar-refractivity contribution is 6.08. The molecule has 1 heterocycles. The lowest BCUT2D eigenvalue weighted by Gasteiger charge is -2.25. The van der Waals surface area contributed by atoms with E-state index in [0.29, 0.717) is 12.0 Å². The van der Waals surface area contributed by atoms with Crippen LogP contribution < -0.4 is 0 Å². The van der Waals surface area contributed by atoms with E-state index in [1.165, 1.54) is 17.4 Å². The van der Waals surface area contributed by atoms with Gasteiger partial charge in [-0.15, -0.1) is 0 Å². The molecule has 4 heteroatoms. The minimum atomic E-state index is -0.327. The number of imide groups is 1. The van der Waals surface area contributed by atoms with Gasteiger partial charge in [0.05, 0.1) is 6.04 Å². The molecule has 0 spiro atoms. The van der Waals surface area contributed by atoms with Crippen LogP contribution in [0.5, 0.6) is 0 Å². The Morgan fingerprint density at radius 3 is 2.75 bits per heavy atom. The largest absolute Gasteiger partial charge is 0.294 e. The molecule has 0 saturated carbocycles. The molecule has 0 aromatic rings. The van der Waals surface area contributed by atoms with E-state index in [2.05, 4.69) is 6.58 Å². The summed E-state index contributed by atoms with van der Waals surface area (Å²) < 4.78 is 0. The molecule has 0 unspecified atom stereocenters. The smallest absolute Gasteiger partial charge is 0.256 e. The molecule has 2 atom stereocenters. The molecule has 0 aromatic heterocycles. The number of ketones is 1. The molecule has 2 amide bonds. The van der Waals surface area contributed by atoms with E-state index in [4.69, 9.17) is 0 Å². The first-order valence-electron chi connectivity index (χ1n) is 6.88. The van der Waals surface area contributed by atoms with Crippen molar-refractivity contribution in [3.05, 3.63) is 34.9 Å². The summed E-state index contributed by atoms with van der Waals surface area (Å²) in [6.07, 6.45) is 3.67. The van der Waals surface area contributed by atoms with E-state index in [9.17, 15) is 14.4 Å². The summed E-state index contributed by atoms with van der Waals surface area (Å²) in [5, 5.41) is 0. The van der Waals surface area contributed by atoms with Crippen LogP contribution in [0.1, 0.15) is 33.1 Å². The van der Waals surface area contributed by atoms with Crippen LogP contribution in [0.3, 0.4) is 0 Å². The minimum Gasteiger partial charge on any atom is -0.294 e. The second-order valence-corrected chi connectivity index (χ2v) is 5.81. The van der Waals surface area contributed by atoms with Gasteiger partial charge in [0, 0.05) is 24.8 Å². The lowest BCUT2D eigenvalue weighted by molar-refractivity contribution is -0.140. The molecule has 0 bridgehead atoms. The highest BCUT2D eigenvalue weighted by Gasteiger charge is 2.49. The molecular weight excluding hydrogens is 254 g/mol. The fourth-order valence-electron chi connectivity index (χ4n) is 3.61. The predicted octanol–water partition coefficient (Wildman–Crippen LogP) is 1.93. The number of carbonyl (C=O) groups excluding carboxylic acids is 3. The maximum absolute atomic E-state index is 12.3. The van der Waals surface area contributed by atoms with Crippen molar-refractivity contribution in [2.45, 2.75) is 39.2 Å². The summed E-state index contributed by atoms with van der Waals surface area (Å²) in [5.74, 6) is -0.561. The first-order chi connectivity index (χ1) is 9.41. The van der Waals surface area contributed by atoms with Gasteiger partial charge < -0.3 is 0 Å². The average Bonchev–Trinajstić information content (AvgIpc) is 2.83. The van der Waals surface area contributed by atoms with Crippen LogP contribution in [-0.4, -0.2) is 28.5 Å². The molecular formula is C16H17NO3. The predicted molar refractivity (Wildman–Crippen MR) is 73.6 cm³/mol. The number of rotatable bonds is 0. The fourth-order valence-corrected chi connectivity index (χ4v) is 3.61. The molecule has 1 saturated heterocycles. The van der Waals surface area contributed by atoms with Crippen molar-refractivity contribution in [3.63, 3.8) is 0 Å². The molecule has 1 aliphatic heterocycles. The molecule has 0 radical (unpaired) electrons. The zero-order chi connectivity index (χ0) is 14.6. The lowest BCUT2D eigenvalue weighted by Crippen LogP contribution is -2.40. The van der Waals surface area contributed by atoms with Gasteiger partial charge in [-0.05, 0) is 37.0 Å². The molecule has 1 fully saturated rings. The molecule has 2 aliphatic carbocycles. The SMILES string of the molecule is C=C1C(=O)N(C(C)=O)[C@@H]2C3=CC(=O)CC3=C(C)CC[C@@H]12. The molecule has 20 heavy (non-hydrogen) atoms. The van der Waals surface area contributed by atoms with Crippen molar-refractivity contribution < 1.29 is 14.4 Å². The molecule has 0 N–H and O–H groups in total. The van der Waals surface area contributed by atoms with E-state index in [1.54, 1.807) is 6.08 Å². The Morgan fingerprint density at radius 1 is 1.40 bits per heavy atom. The summed E-state index contributed by atoms with van der Waals surface area (Å²) >= 11 is 0. The number of fused-ring (bicyclic) bond motifs is 3. The summed E-state index contributed by atoms with van der Waals surface area (Å²) in [6, 6.07) is -0.327. The quantitative estimate of drug-likeness (QED) is 0.632. The normalized spacial score (nSPS) is 29.4. The van der Waals surface area contributed by atoms with Crippen molar-refractivity contribution in [2.75, 3.05) is 0 Å². The van der Waals surface area contributed by atoms with Crippen LogP contribution >= 0.6 is 0 Å². The van der Waals surface area contributed by atoms with Crippen molar-refractivity contribution in [1.82, 2.24) is 4.90 Å². The van der Waals surface area contributed by atoms with Crippen molar-refractivity contribution >= 4 is 17.6 Å². The van der Waals surface area contributed by atoms with Crippen molar-refractivity contribution in [3.8, 4) is 0 Å². The third kappa shape index (κ3) is 1.64. The van der Waals surface area contributed by atoms with Crippen LogP contribution in [0, 0.1) is 5.92 Å². The van der Waals surface area contributed by atoms with Gasteiger partial charge in [-0.2, -0.15) is 0 Å². The number of carbonyl (C=O) groups is 3. The Hall–Kier alpha value is -1.97. The maximum atomic E-state index is 12.3. The zero-order valence-electron chi connectivity index (χ0n) is 11.7. The Morgan fingerprint density at radius 2 is 2.10 bits per heavy atom. The van der Waals surface area contributed by atoms with Gasteiger partial charge in [0.2, 0.25) is 5.91 Å².